The quantitative estimate of drug-likeness (QED) is 0.809. The molecule has 0 aliphatic carbocycles. The van der Waals surface area contributed by atoms with Gasteiger partial charge in [-0.1, -0.05) is 32.4 Å². The molecule has 0 aliphatic heterocycles. The molecule has 18 heavy (non-hydrogen) atoms. The van der Waals surface area contributed by atoms with Crippen LogP contribution in [0.25, 0.3) is 0 Å². The van der Waals surface area contributed by atoms with E-state index in [0.717, 1.165) is 25.9 Å². The van der Waals surface area contributed by atoms with Crippen LogP contribution in [0.5, 0.6) is 0 Å². The van der Waals surface area contributed by atoms with Gasteiger partial charge >= 0.3 is 0 Å². The largest absolute Gasteiger partial charge is 0.322 e. The number of anilines is 1. The van der Waals surface area contributed by atoms with Gasteiger partial charge in [-0.25, -0.2) is 4.39 Å². The summed E-state index contributed by atoms with van der Waals surface area (Å²) in [5.74, 6) is -0.569. The average molecular weight is 252 g/mol. The van der Waals surface area contributed by atoms with Gasteiger partial charge in [-0.3, -0.25) is 9.69 Å². The number of nitrogens with zero attached hydrogens (tertiary/aromatic N) is 1. The topological polar surface area (TPSA) is 32.3 Å². The number of hydrogen-bond donors (Lipinski definition) is 1. The van der Waals surface area contributed by atoms with E-state index in [-0.39, 0.29) is 11.6 Å². The van der Waals surface area contributed by atoms with Crippen molar-refractivity contribution >= 4 is 11.6 Å². The first-order valence-electron chi connectivity index (χ1n) is 6.44. The summed E-state index contributed by atoms with van der Waals surface area (Å²) < 4.78 is 13.3. The Balaban J connectivity index is 2.48. The SMILES string of the molecule is CCCCN(CC)CC(=O)Nc1ccccc1F. The predicted molar refractivity (Wildman–Crippen MR) is 72.1 cm³/mol. The smallest absolute Gasteiger partial charge is 0.238 e. The molecular weight excluding hydrogens is 231 g/mol. The van der Waals surface area contributed by atoms with Gasteiger partial charge in [0.2, 0.25) is 5.91 Å². The van der Waals surface area contributed by atoms with Crippen LogP contribution in [0.2, 0.25) is 0 Å². The third-order valence-electron chi connectivity index (χ3n) is 2.79. The monoisotopic (exact) mass is 252 g/mol. The molecule has 0 unspecified atom stereocenters. The van der Waals surface area contributed by atoms with E-state index in [9.17, 15) is 9.18 Å². The first kappa shape index (κ1) is 14.6. The van der Waals surface area contributed by atoms with Gasteiger partial charge in [-0.2, -0.15) is 0 Å². The number of nitrogens with one attached hydrogen (secondary N) is 1. The molecule has 1 rings (SSSR count). The number of rotatable bonds is 7. The molecule has 0 heterocycles. The van der Waals surface area contributed by atoms with E-state index in [4.69, 9.17) is 0 Å². The molecule has 1 N–H and O–H groups in total. The second-order valence-electron chi connectivity index (χ2n) is 4.25. The van der Waals surface area contributed by atoms with Crippen molar-refractivity contribution < 1.29 is 9.18 Å². The van der Waals surface area contributed by atoms with E-state index in [2.05, 4.69) is 17.1 Å². The fourth-order valence-electron chi connectivity index (χ4n) is 1.69. The maximum atomic E-state index is 13.3. The van der Waals surface area contributed by atoms with Crippen LogP contribution in [0.15, 0.2) is 24.3 Å². The van der Waals surface area contributed by atoms with Crippen LogP contribution in [0.1, 0.15) is 26.7 Å². The number of carbonyl (C=O) groups is 1. The highest BCUT2D eigenvalue weighted by molar-refractivity contribution is 5.92. The van der Waals surface area contributed by atoms with Crippen LogP contribution in [-0.2, 0) is 4.79 Å². The zero-order valence-corrected chi connectivity index (χ0v) is 11.1. The van der Waals surface area contributed by atoms with E-state index in [1.165, 1.54) is 6.07 Å². The number of hydrogen-bond acceptors (Lipinski definition) is 2. The molecule has 0 fully saturated rings. The second-order valence-corrected chi connectivity index (χ2v) is 4.25. The standard InChI is InChI=1S/C14H21FN2O/c1-3-5-10-17(4-2)11-14(18)16-13-9-7-6-8-12(13)15/h6-9H,3-5,10-11H2,1-2H3,(H,16,18). The van der Waals surface area contributed by atoms with Crippen molar-refractivity contribution in [3.63, 3.8) is 0 Å². The van der Waals surface area contributed by atoms with Gasteiger partial charge < -0.3 is 5.32 Å². The number of benzene rings is 1. The minimum absolute atomic E-state index is 0.168. The summed E-state index contributed by atoms with van der Waals surface area (Å²) in [7, 11) is 0. The van der Waals surface area contributed by atoms with Crippen molar-refractivity contribution in [1.29, 1.82) is 0 Å². The zero-order valence-electron chi connectivity index (χ0n) is 11.1. The van der Waals surface area contributed by atoms with Crippen molar-refractivity contribution in [2.45, 2.75) is 26.7 Å². The molecule has 0 aromatic heterocycles. The van der Waals surface area contributed by atoms with E-state index >= 15 is 0 Å². The minimum atomic E-state index is -0.401. The normalized spacial score (nSPS) is 10.7. The number of halogens is 1. The highest BCUT2D eigenvalue weighted by Gasteiger charge is 2.10. The lowest BCUT2D eigenvalue weighted by Crippen LogP contribution is -2.34. The fraction of sp³-hybridized carbons (Fsp3) is 0.500. The number of carbonyl (C=O) groups excluding carboxylic acids is 1. The van der Waals surface area contributed by atoms with Gasteiger partial charge in [0.05, 0.1) is 12.2 Å². The number of para-hydroxylation sites is 1. The molecule has 1 amide bonds. The van der Waals surface area contributed by atoms with Crippen LogP contribution in [-0.4, -0.2) is 30.4 Å². The molecule has 1 aromatic carbocycles. The van der Waals surface area contributed by atoms with Crippen molar-refractivity contribution in [2.24, 2.45) is 0 Å². The lowest BCUT2D eigenvalue weighted by molar-refractivity contribution is -0.117. The highest BCUT2D eigenvalue weighted by atomic mass is 19.1. The van der Waals surface area contributed by atoms with E-state index in [1.54, 1.807) is 18.2 Å². The van der Waals surface area contributed by atoms with Crippen LogP contribution < -0.4 is 5.32 Å². The van der Waals surface area contributed by atoms with E-state index in [1.807, 2.05) is 6.92 Å². The van der Waals surface area contributed by atoms with Crippen LogP contribution in [0.3, 0.4) is 0 Å². The molecule has 0 spiro atoms. The Bertz CT molecular complexity index is 382. The Kier molecular flexibility index (Phi) is 6.36. The molecule has 0 radical (unpaired) electrons. The Labute approximate surface area is 108 Å². The number of unbranched alkanes of at least 4 members (excludes halogenated alkanes) is 1. The average Bonchev–Trinajstić information content (AvgIpc) is 2.37. The van der Waals surface area contributed by atoms with E-state index < -0.39 is 5.82 Å². The molecule has 4 heteroatoms. The molecule has 0 saturated carbocycles. The first-order chi connectivity index (χ1) is 8.67. The third kappa shape index (κ3) is 4.84. The van der Waals surface area contributed by atoms with Gasteiger partial charge in [0.1, 0.15) is 5.82 Å². The summed E-state index contributed by atoms with van der Waals surface area (Å²) in [5.41, 5.74) is 0.244. The molecule has 0 atom stereocenters. The summed E-state index contributed by atoms with van der Waals surface area (Å²) in [6, 6.07) is 6.21. The second kappa shape index (κ2) is 7.82. The summed E-state index contributed by atoms with van der Waals surface area (Å²) in [4.78, 5) is 13.8. The molecule has 3 nitrogen and oxygen atoms in total. The van der Waals surface area contributed by atoms with Gasteiger partial charge in [0.15, 0.2) is 0 Å². The molecular formula is C14H21FN2O. The Morgan fingerprint density at radius 2 is 2.06 bits per heavy atom. The van der Waals surface area contributed by atoms with Gasteiger partial charge in [0, 0.05) is 0 Å². The lowest BCUT2D eigenvalue weighted by atomic mass is 10.3. The first-order valence-corrected chi connectivity index (χ1v) is 6.44. The lowest BCUT2D eigenvalue weighted by Gasteiger charge is -2.19. The van der Waals surface area contributed by atoms with Gasteiger partial charge in [-0.05, 0) is 31.6 Å². The minimum Gasteiger partial charge on any atom is -0.322 e. The molecule has 1 aromatic rings. The fourth-order valence-corrected chi connectivity index (χ4v) is 1.69. The van der Waals surface area contributed by atoms with Crippen molar-refractivity contribution in [2.75, 3.05) is 25.0 Å². The van der Waals surface area contributed by atoms with Crippen LogP contribution in [0, 0.1) is 5.82 Å². The van der Waals surface area contributed by atoms with Crippen LogP contribution in [0.4, 0.5) is 10.1 Å². The Morgan fingerprint density at radius 3 is 2.67 bits per heavy atom. The summed E-state index contributed by atoms with van der Waals surface area (Å²) >= 11 is 0. The van der Waals surface area contributed by atoms with Gasteiger partial charge in [0.25, 0.3) is 0 Å². The molecule has 0 bridgehead atoms. The maximum Gasteiger partial charge on any atom is 0.238 e. The zero-order chi connectivity index (χ0) is 13.4. The van der Waals surface area contributed by atoms with Crippen molar-refractivity contribution in [1.82, 2.24) is 4.90 Å². The Hall–Kier alpha value is -1.42. The van der Waals surface area contributed by atoms with E-state index in [0.29, 0.717) is 6.54 Å². The summed E-state index contributed by atoms with van der Waals surface area (Å²) in [6.07, 6.45) is 2.17. The summed E-state index contributed by atoms with van der Waals surface area (Å²) in [6.45, 7) is 6.17. The highest BCUT2D eigenvalue weighted by Crippen LogP contribution is 2.12. The van der Waals surface area contributed by atoms with Crippen molar-refractivity contribution in [3.05, 3.63) is 30.1 Å². The number of amides is 1. The maximum absolute atomic E-state index is 13.3. The Morgan fingerprint density at radius 1 is 1.33 bits per heavy atom. The molecule has 0 saturated heterocycles. The predicted octanol–water partition coefficient (Wildman–Crippen LogP) is 2.89. The number of likely N-dealkylation sites (N-methyl/N-ethyl adjacent to an activating group) is 1. The van der Waals surface area contributed by atoms with Crippen molar-refractivity contribution in [3.8, 4) is 0 Å². The van der Waals surface area contributed by atoms with Crippen LogP contribution >= 0.6 is 0 Å². The molecule has 0 aliphatic rings. The third-order valence-corrected chi connectivity index (χ3v) is 2.79. The van der Waals surface area contributed by atoms with Gasteiger partial charge in [-0.15, -0.1) is 0 Å². The molecule has 100 valence electrons. The summed E-state index contributed by atoms with van der Waals surface area (Å²) in [5, 5.41) is 2.60.